The predicted octanol–water partition coefficient (Wildman–Crippen LogP) is 4.94. The monoisotopic (exact) mass is 239 g/mol. The van der Waals surface area contributed by atoms with Gasteiger partial charge in [-0.1, -0.05) is 52.4 Å². The molecule has 1 radical (unpaired) electrons. The molecule has 0 N–H and O–H groups in total. The second kappa shape index (κ2) is 10.1. The Morgan fingerprint density at radius 1 is 1.00 bits per heavy atom. The molecule has 0 nitrogen and oxygen atoms in total. The Morgan fingerprint density at radius 3 is 2.06 bits per heavy atom. The minimum absolute atomic E-state index is 0.351. The molecule has 0 aliphatic heterocycles. The lowest BCUT2D eigenvalue weighted by molar-refractivity contribution is 0.433. The number of thioether (sulfide) groups is 1. The van der Waals surface area contributed by atoms with E-state index in [2.05, 4.69) is 32.9 Å². The fourth-order valence-corrected chi connectivity index (χ4v) is 2.26. The minimum atomic E-state index is 0.351. The van der Waals surface area contributed by atoms with Crippen LogP contribution >= 0.6 is 11.8 Å². The molecule has 0 fully saturated rings. The first-order valence-electron chi connectivity index (χ1n) is 6.55. The smallest absolute Gasteiger partial charge is 0.0184 e. The highest BCUT2D eigenvalue weighted by atomic mass is 32.2. The number of rotatable bonds is 9. The van der Waals surface area contributed by atoms with Crippen LogP contribution in [0.3, 0.4) is 0 Å². The molecule has 0 spiro atoms. The molecule has 0 heterocycles. The maximum atomic E-state index is 7.02. The summed E-state index contributed by atoms with van der Waals surface area (Å²) in [7, 11) is 0. The first-order chi connectivity index (χ1) is 7.60. The van der Waals surface area contributed by atoms with Crippen molar-refractivity contribution in [3.8, 4) is 5.92 Å². The Morgan fingerprint density at radius 2 is 1.56 bits per heavy atom. The lowest BCUT2D eigenvalue weighted by Gasteiger charge is -2.13. The zero-order valence-electron chi connectivity index (χ0n) is 11.4. The third-order valence-electron chi connectivity index (χ3n) is 3.29. The fourth-order valence-electron chi connectivity index (χ4n) is 1.86. The van der Waals surface area contributed by atoms with Gasteiger partial charge in [0.05, 0.1) is 0 Å². The molecule has 0 aromatic heterocycles. The standard InChI is InChI=1S/C15H27S/c1-6-13(2)9-7-10-14(3)11-8-12-15(4)16-5/h13-15H,7-12H2,2-5H3. The van der Waals surface area contributed by atoms with Gasteiger partial charge in [0, 0.05) is 11.2 Å². The van der Waals surface area contributed by atoms with E-state index < -0.39 is 0 Å². The van der Waals surface area contributed by atoms with Gasteiger partial charge < -0.3 is 0 Å². The summed E-state index contributed by atoms with van der Waals surface area (Å²) in [6.07, 6.45) is 17.0. The topological polar surface area (TPSA) is 0 Å². The quantitative estimate of drug-likeness (QED) is 0.514. The van der Waals surface area contributed by atoms with E-state index in [4.69, 9.17) is 6.42 Å². The van der Waals surface area contributed by atoms with E-state index in [0.717, 1.165) is 17.6 Å². The summed E-state index contributed by atoms with van der Waals surface area (Å²) in [5.74, 6) is 3.76. The Bertz CT molecular complexity index is 192. The normalized spacial score (nSPS) is 16.4. The molecular formula is C15H27S. The molecule has 0 aliphatic rings. The van der Waals surface area contributed by atoms with Crippen molar-refractivity contribution in [3.05, 3.63) is 6.42 Å². The summed E-state index contributed by atoms with van der Waals surface area (Å²) >= 11 is 1.97. The van der Waals surface area contributed by atoms with Gasteiger partial charge in [-0.2, -0.15) is 11.8 Å². The molecule has 0 aromatic carbocycles. The number of hydrogen-bond acceptors (Lipinski definition) is 1. The van der Waals surface area contributed by atoms with E-state index in [-0.39, 0.29) is 0 Å². The SMILES string of the molecule is [C]#CC(C)CCCC(C)CCCC(C)SC. The molecule has 0 bridgehead atoms. The molecule has 93 valence electrons. The van der Waals surface area contributed by atoms with Crippen LogP contribution in [0, 0.1) is 24.2 Å². The van der Waals surface area contributed by atoms with Crippen LogP contribution in [0.4, 0.5) is 0 Å². The second-order valence-corrected chi connectivity index (χ2v) is 6.33. The van der Waals surface area contributed by atoms with Crippen molar-refractivity contribution < 1.29 is 0 Å². The van der Waals surface area contributed by atoms with Crippen LogP contribution in [0.5, 0.6) is 0 Å². The molecule has 16 heavy (non-hydrogen) atoms. The molecule has 0 saturated heterocycles. The summed E-state index contributed by atoms with van der Waals surface area (Å²) in [6, 6.07) is 0. The maximum Gasteiger partial charge on any atom is 0.0184 e. The summed E-state index contributed by atoms with van der Waals surface area (Å²) < 4.78 is 0. The van der Waals surface area contributed by atoms with E-state index >= 15 is 0 Å². The molecule has 0 aromatic rings. The van der Waals surface area contributed by atoms with Crippen LogP contribution in [-0.4, -0.2) is 11.5 Å². The molecule has 3 unspecified atom stereocenters. The first-order valence-corrected chi connectivity index (χ1v) is 7.84. The Balaban J connectivity index is 3.38. The van der Waals surface area contributed by atoms with Gasteiger partial charge in [0.25, 0.3) is 0 Å². The maximum absolute atomic E-state index is 7.02. The average molecular weight is 239 g/mol. The van der Waals surface area contributed by atoms with E-state index in [9.17, 15) is 0 Å². The zero-order chi connectivity index (χ0) is 12.4. The van der Waals surface area contributed by atoms with Crippen molar-refractivity contribution in [2.45, 2.75) is 64.5 Å². The Hall–Kier alpha value is -0.0900. The van der Waals surface area contributed by atoms with Crippen LogP contribution in [0.1, 0.15) is 59.3 Å². The third kappa shape index (κ3) is 9.16. The summed E-state index contributed by atoms with van der Waals surface area (Å²) in [6.45, 7) is 6.76. The first kappa shape index (κ1) is 15.9. The lowest BCUT2D eigenvalue weighted by atomic mass is 9.95. The van der Waals surface area contributed by atoms with Crippen LogP contribution in [-0.2, 0) is 0 Å². The van der Waals surface area contributed by atoms with Gasteiger partial charge in [0.2, 0.25) is 0 Å². The van der Waals surface area contributed by atoms with E-state index in [1.54, 1.807) is 0 Å². The lowest BCUT2D eigenvalue weighted by Crippen LogP contribution is -2.00. The Labute approximate surface area is 107 Å². The Kier molecular flexibility index (Phi) is 10.0. The predicted molar refractivity (Wildman–Crippen MR) is 76.1 cm³/mol. The summed E-state index contributed by atoms with van der Waals surface area (Å²) in [4.78, 5) is 0. The minimum Gasteiger partial charge on any atom is -0.162 e. The third-order valence-corrected chi connectivity index (χ3v) is 4.33. The second-order valence-electron chi connectivity index (χ2n) is 5.06. The van der Waals surface area contributed by atoms with Crippen molar-refractivity contribution >= 4 is 11.8 Å². The van der Waals surface area contributed by atoms with Gasteiger partial charge in [-0.05, 0) is 31.4 Å². The van der Waals surface area contributed by atoms with Gasteiger partial charge in [-0.25, -0.2) is 0 Å². The molecule has 0 rings (SSSR count). The van der Waals surface area contributed by atoms with Crippen LogP contribution in [0.15, 0.2) is 0 Å². The zero-order valence-corrected chi connectivity index (χ0v) is 12.2. The van der Waals surface area contributed by atoms with Crippen molar-refractivity contribution in [2.24, 2.45) is 11.8 Å². The van der Waals surface area contributed by atoms with Crippen molar-refractivity contribution in [3.63, 3.8) is 0 Å². The summed E-state index contributed by atoms with van der Waals surface area (Å²) in [5, 5.41) is 0.819. The molecule has 0 amide bonds. The van der Waals surface area contributed by atoms with Crippen LogP contribution < -0.4 is 0 Å². The van der Waals surface area contributed by atoms with Gasteiger partial charge >= 0.3 is 0 Å². The van der Waals surface area contributed by atoms with E-state index in [1.807, 2.05) is 11.8 Å². The van der Waals surface area contributed by atoms with E-state index in [1.165, 1.54) is 32.1 Å². The van der Waals surface area contributed by atoms with Gasteiger partial charge in [-0.15, -0.1) is 0 Å². The van der Waals surface area contributed by atoms with Gasteiger partial charge in [0.15, 0.2) is 0 Å². The molecule has 1 heteroatoms. The highest BCUT2D eigenvalue weighted by Gasteiger charge is 2.05. The fraction of sp³-hybridized carbons (Fsp3) is 0.867. The average Bonchev–Trinajstić information content (AvgIpc) is 2.28. The van der Waals surface area contributed by atoms with Gasteiger partial charge in [-0.3, -0.25) is 0 Å². The number of hydrogen-bond donors (Lipinski definition) is 0. The molecule has 0 aliphatic carbocycles. The molecular weight excluding hydrogens is 212 g/mol. The summed E-state index contributed by atoms with van der Waals surface area (Å²) in [5.41, 5.74) is 0. The van der Waals surface area contributed by atoms with Crippen LogP contribution in [0.2, 0.25) is 0 Å². The molecule has 3 atom stereocenters. The van der Waals surface area contributed by atoms with E-state index in [0.29, 0.717) is 5.92 Å². The van der Waals surface area contributed by atoms with Crippen molar-refractivity contribution in [1.29, 1.82) is 0 Å². The van der Waals surface area contributed by atoms with Gasteiger partial charge in [0.1, 0.15) is 0 Å². The highest BCUT2D eigenvalue weighted by Crippen LogP contribution is 2.20. The highest BCUT2D eigenvalue weighted by molar-refractivity contribution is 7.99. The largest absolute Gasteiger partial charge is 0.162 e. The molecule has 0 saturated carbocycles. The van der Waals surface area contributed by atoms with Crippen LogP contribution in [0.25, 0.3) is 0 Å². The van der Waals surface area contributed by atoms with Crippen molar-refractivity contribution in [1.82, 2.24) is 0 Å². The van der Waals surface area contributed by atoms with Crippen molar-refractivity contribution in [2.75, 3.05) is 6.26 Å².